The minimum atomic E-state index is -0.350. The van der Waals surface area contributed by atoms with E-state index in [9.17, 15) is 9.59 Å². The molecule has 0 aromatic heterocycles. The van der Waals surface area contributed by atoms with Crippen LogP contribution in [0.2, 0.25) is 0 Å². The van der Waals surface area contributed by atoms with E-state index >= 15 is 0 Å². The summed E-state index contributed by atoms with van der Waals surface area (Å²) >= 11 is 3.28. The van der Waals surface area contributed by atoms with Crippen molar-refractivity contribution in [3.63, 3.8) is 0 Å². The minimum Gasteiger partial charge on any atom is -0.324 e. The van der Waals surface area contributed by atoms with E-state index in [1.54, 1.807) is 23.1 Å². The van der Waals surface area contributed by atoms with Gasteiger partial charge in [-0.15, -0.1) is 0 Å². The van der Waals surface area contributed by atoms with Gasteiger partial charge in [-0.3, -0.25) is 10.2 Å². The fraction of sp³-hybridized carbons (Fsp3) is 0.333. The number of hydrazine groups is 1. The number of nitrogens with one attached hydrogen (secondary N) is 2. The van der Waals surface area contributed by atoms with Gasteiger partial charge in [0.1, 0.15) is 0 Å². The monoisotopic (exact) mass is 313 g/mol. The molecule has 0 fully saturated rings. The number of carbonyl (C=O) groups excluding carboxylic acids is 2. The van der Waals surface area contributed by atoms with E-state index < -0.39 is 0 Å². The number of benzene rings is 1. The molecule has 0 heterocycles. The highest BCUT2D eigenvalue weighted by Crippen LogP contribution is 2.11. The average molecular weight is 314 g/mol. The van der Waals surface area contributed by atoms with Gasteiger partial charge < -0.3 is 4.90 Å². The first-order valence-electron chi connectivity index (χ1n) is 5.69. The van der Waals surface area contributed by atoms with Crippen LogP contribution >= 0.6 is 15.9 Å². The summed E-state index contributed by atoms with van der Waals surface area (Å²) in [7, 11) is 0. The molecule has 0 saturated carbocycles. The summed E-state index contributed by atoms with van der Waals surface area (Å²) in [6.45, 7) is 4.93. The van der Waals surface area contributed by atoms with Crippen LogP contribution in [0, 0.1) is 0 Å². The lowest BCUT2D eigenvalue weighted by atomic mass is 10.2. The molecule has 1 rings (SSSR count). The van der Waals surface area contributed by atoms with E-state index in [4.69, 9.17) is 0 Å². The van der Waals surface area contributed by atoms with Crippen LogP contribution in [0.1, 0.15) is 24.2 Å². The lowest BCUT2D eigenvalue weighted by Gasteiger charge is -2.19. The van der Waals surface area contributed by atoms with Crippen LogP contribution in [0.4, 0.5) is 4.79 Å². The lowest BCUT2D eigenvalue weighted by Crippen LogP contribution is -2.48. The average Bonchev–Trinajstić information content (AvgIpc) is 2.37. The van der Waals surface area contributed by atoms with Crippen molar-refractivity contribution in [1.29, 1.82) is 0 Å². The molecule has 1 aromatic rings. The van der Waals surface area contributed by atoms with Crippen molar-refractivity contribution in [1.82, 2.24) is 15.8 Å². The van der Waals surface area contributed by atoms with Gasteiger partial charge in [-0.25, -0.2) is 10.2 Å². The second-order valence-electron chi connectivity index (χ2n) is 3.57. The number of urea groups is 1. The molecule has 0 unspecified atom stereocenters. The summed E-state index contributed by atoms with van der Waals surface area (Å²) < 4.78 is 0.810. The van der Waals surface area contributed by atoms with Crippen molar-refractivity contribution in [2.75, 3.05) is 13.1 Å². The Hall–Kier alpha value is -1.56. The number of hydrogen-bond acceptors (Lipinski definition) is 2. The van der Waals surface area contributed by atoms with E-state index in [0.29, 0.717) is 18.7 Å². The van der Waals surface area contributed by atoms with Crippen LogP contribution in [0.3, 0.4) is 0 Å². The SMILES string of the molecule is CCN(CC)C(=O)NNC(=O)c1cccc(Br)c1. The van der Waals surface area contributed by atoms with Gasteiger partial charge >= 0.3 is 6.03 Å². The largest absolute Gasteiger partial charge is 0.336 e. The lowest BCUT2D eigenvalue weighted by molar-refractivity contribution is 0.0930. The Labute approximate surface area is 115 Å². The van der Waals surface area contributed by atoms with Crippen LogP contribution in [-0.2, 0) is 0 Å². The van der Waals surface area contributed by atoms with Crippen molar-refractivity contribution in [3.05, 3.63) is 34.3 Å². The third-order valence-corrected chi connectivity index (χ3v) is 2.91. The second-order valence-corrected chi connectivity index (χ2v) is 4.48. The topological polar surface area (TPSA) is 61.4 Å². The summed E-state index contributed by atoms with van der Waals surface area (Å²) in [5, 5.41) is 0. The molecule has 18 heavy (non-hydrogen) atoms. The normalized spacial score (nSPS) is 9.72. The fourth-order valence-corrected chi connectivity index (χ4v) is 1.80. The van der Waals surface area contributed by atoms with Gasteiger partial charge in [-0.05, 0) is 32.0 Å². The van der Waals surface area contributed by atoms with Gasteiger partial charge in [-0.2, -0.15) is 0 Å². The molecule has 0 atom stereocenters. The van der Waals surface area contributed by atoms with Crippen LogP contribution in [0.5, 0.6) is 0 Å². The molecule has 0 saturated heterocycles. The third-order valence-electron chi connectivity index (χ3n) is 2.42. The number of nitrogens with zero attached hydrogens (tertiary/aromatic N) is 1. The summed E-state index contributed by atoms with van der Waals surface area (Å²) in [6, 6.07) is 6.61. The molecular formula is C12H16BrN3O2. The standard InChI is InChI=1S/C12H16BrN3O2/c1-3-16(4-2)12(18)15-14-11(17)9-6-5-7-10(13)8-9/h5-8H,3-4H2,1-2H3,(H,14,17)(H,15,18). The van der Waals surface area contributed by atoms with Crippen LogP contribution in [0.25, 0.3) is 0 Å². The van der Waals surface area contributed by atoms with Crippen molar-refractivity contribution >= 4 is 27.9 Å². The molecule has 5 nitrogen and oxygen atoms in total. The van der Waals surface area contributed by atoms with Crippen LogP contribution in [0.15, 0.2) is 28.7 Å². The number of amides is 3. The Kier molecular flexibility index (Phi) is 5.64. The minimum absolute atomic E-state index is 0.316. The molecule has 2 N–H and O–H groups in total. The van der Waals surface area contributed by atoms with Crippen molar-refractivity contribution in [2.45, 2.75) is 13.8 Å². The number of carbonyl (C=O) groups is 2. The predicted molar refractivity (Wildman–Crippen MR) is 73.1 cm³/mol. The Morgan fingerprint density at radius 2 is 1.89 bits per heavy atom. The fourth-order valence-electron chi connectivity index (χ4n) is 1.40. The number of halogens is 1. The van der Waals surface area contributed by atoms with E-state index in [1.165, 1.54) is 0 Å². The van der Waals surface area contributed by atoms with Crippen molar-refractivity contribution in [2.24, 2.45) is 0 Å². The maximum Gasteiger partial charge on any atom is 0.336 e. The smallest absolute Gasteiger partial charge is 0.324 e. The summed E-state index contributed by atoms with van der Waals surface area (Å²) in [5.74, 6) is -0.350. The van der Waals surface area contributed by atoms with Gasteiger partial charge in [0.05, 0.1) is 0 Å². The molecule has 3 amide bonds. The van der Waals surface area contributed by atoms with E-state index in [-0.39, 0.29) is 11.9 Å². The first-order valence-corrected chi connectivity index (χ1v) is 6.48. The Balaban J connectivity index is 2.54. The molecule has 0 radical (unpaired) electrons. The van der Waals surface area contributed by atoms with Gasteiger partial charge in [0.2, 0.25) is 0 Å². The first kappa shape index (κ1) is 14.5. The zero-order valence-electron chi connectivity index (χ0n) is 10.4. The molecule has 0 aliphatic rings. The third kappa shape index (κ3) is 4.03. The maximum absolute atomic E-state index is 11.7. The maximum atomic E-state index is 11.7. The van der Waals surface area contributed by atoms with Crippen molar-refractivity contribution < 1.29 is 9.59 Å². The summed E-state index contributed by atoms with van der Waals surface area (Å²) in [5.41, 5.74) is 5.22. The molecule has 98 valence electrons. The molecule has 0 aliphatic heterocycles. The number of rotatable bonds is 3. The Bertz CT molecular complexity index is 433. The quantitative estimate of drug-likeness (QED) is 0.840. The second kappa shape index (κ2) is 7.00. The molecule has 0 aliphatic carbocycles. The molecule has 0 spiro atoms. The van der Waals surface area contributed by atoms with Gasteiger partial charge in [0.15, 0.2) is 0 Å². The van der Waals surface area contributed by atoms with Gasteiger partial charge in [0.25, 0.3) is 5.91 Å². The van der Waals surface area contributed by atoms with Gasteiger partial charge in [0, 0.05) is 23.1 Å². The highest BCUT2D eigenvalue weighted by atomic mass is 79.9. The highest BCUT2D eigenvalue weighted by molar-refractivity contribution is 9.10. The molecular weight excluding hydrogens is 298 g/mol. The summed E-state index contributed by atoms with van der Waals surface area (Å²) in [6.07, 6.45) is 0. The van der Waals surface area contributed by atoms with Crippen molar-refractivity contribution in [3.8, 4) is 0 Å². The molecule has 0 bridgehead atoms. The predicted octanol–water partition coefficient (Wildman–Crippen LogP) is 2.15. The Morgan fingerprint density at radius 3 is 2.44 bits per heavy atom. The Morgan fingerprint density at radius 1 is 1.22 bits per heavy atom. The van der Waals surface area contributed by atoms with Crippen LogP contribution < -0.4 is 10.9 Å². The summed E-state index contributed by atoms with van der Waals surface area (Å²) in [4.78, 5) is 24.9. The number of hydrogen-bond donors (Lipinski definition) is 2. The van der Waals surface area contributed by atoms with E-state index in [0.717, 1.165) is 4.47 Å². The zero-order chi connectivity index (χ0) is 13.5. The van der Waals surface area contributed by atoms with E-state index in [2.05, 4.69) is 26.8 Å². The molecule has 1 aromatic carbocycles. The highest BCUT2D eigenvalue weighted by Gasteiger charge is 2.11. The molecule has 6 heteroatoms. The zero-order valence-corrected chi connectivity index (χ0v) is 12.0. The van der Waals surface area contributed by atoms with E-state index in [1.807, 2.05) is 19.9 Å². The van der Waals surface area contributed by atoms with Gasteiger partial charge in [-0.1, -0.05) is 22.0 Å². The van der Waals surface area contributed by atoms with Crippen LogP contribution in [-0.4, -0.2) is 29.9 Å². The first-order chi connectivity index (χ1) is 8.58.